The van der Waals surface area contributed by atoms with E-state index in [1.54, 1.807) is 0 Å². The molecule has 4 saturated carbocycles. The fraction of sp³-hybridized carbons (Fsp3) is 0.944. The molecule has 4 aliphatic carbocycles. The molecule has 4 bridgehead atoms. The van der Waals surface area contributed by atoms with Crippen LogP contribution >= 0.6 is 0 Å². The predicted octanol–water partition coefficient (Wildman–Crippen LogP) is 2.79. The van der Waals surface area contributed by atoms with E-state index in [1.165, 1.54) is 38.5 Å². The highest BCUT2D eigenvalue weighted by atomic mass is 16.2. The highest BCUT2D eigenvalue weighted by Crippen LogP contribution is 2.65. The number of nitrogens with two attached hydrogens (primary N) is 1. The average molecular weight is 290 g/mol. The number of nitrogens with zero attached hydrogens (tertiary/aromatic N) is 1. The van der Waals surface area contributed by atoms with E-state index in [0.717, 1.165) is 44.3 Å². The lowest BCUT2D eigenvalue weighted by atomic mass is 9.44. The summed E-state index contributed by atoms with van der Waals surface area (Å²) in [6.07, 6.45) is 10.0. The number of hydrogen-bond donors (Lipinski definition) is 1. The van der Waals surface area contributed by atoms with Crippen LogP contribution < -0.4 is 5.73 Å². The van der Waals surface area contributed by atoms with Crippen molar-refractivity contribution < 1.29 is 4.79 Å². The SMILES string of the molecule is CC12CC3CC(C1)CC(C(=O)N1CCCC(CN)C1)(C3)C2. The number of amides is 1. The van der Waals surface area contributed by atoms with Crippen molar-refractivity contribution in [2.75, 3.05) is 19.6 Å². The first-order valence-corrected chi connectivity index (χ1v) is 9.01. The van der Waals surface area contributed by atoms with Gasteiger partial charge < -0.3 is 10.6 Å². The van der Waals surface area contributed by atoms with E-state index < -0.39 is 0 Å². The largest absolute Gasteiger partial charge is 0.342 e. The number of rotatable bonds is 2. The molecule has 1 heterocycles. The third kappa shape index (κ3) is 2.23. The Morgan fingerprint density at radius 1 is 1.24 bits per heavy atom. The molecule has 0 radical (unpaired) electrons. The zero-order valence-electron chi connectivity index (χ0n) is 13.4. The van der Waals surface area contributed by atoms with Crippen molar-refractivity contribution in [2.45, 2.75) is 58.3 Å². The fourth-order valence-corrected chi connectivity index (χ4v) is 6.75. The maximum absolute atomic E-state index is 13.3. The summed E-state index contributed by atoms with van der Waals surface area (Å²) >= 11 is 0. The van der Waals surface area contributed by atoms with Gasteiger partial charge in [-0.2, -0.15) is 0 Å². The zero-order chi connectivity index (χ0) is 14.7. The summed E-state index contributed by atoms with van der Waals surface area (Å²) < 4.78 is 0. The summed E-state index contributed by atoms with van der Waals surface area (Å²) in [5, 5.41) is 0. The van der Waals surface area contributed by atoms with Gasteiger partial charge >= 0.3 is 0 Å². The number of carbonyl (C=O) groups is 1. The molecule has 5 aliphatic rings. The maximum Gasteiger partial charge on any atom is 0.228 e. The molecular formula is C18H30N2O. The zero-order valence-corrected chi connectivity index (χ0v) is 13.4. The van der Waals surface area contributed by atoms with Gasteiger partial charge in [0.2, 0.25) is 5.91 Å². The van der Waals surface area contributed by atoms with Crippen LogP contribution in [-0.2, 0) is 4.79 Å². The number of piperidine rings is 1. The minimum absolute atomic E-state index is 0.00925. The van der Waals surface area contributed by atoms with Gasteiger partial charge in [-0.25, -0.2) is 0 Å². The van der Waals surface area contributed by atoms with Crippen LogP contribution in [0.4, 0.5) is 0 Å². The van der Waals surface area contributed by atoms with Gasteiger partial charge in [-0.15, -0.1) is 0 Å². The highest BCUT2D eigenvalue weighted by Gasteiger charge is 2.59. The number of hydrogen-bond acceptors (Lipinski definition) is 2. The van der Waals surface area contributed by atoms with Crippen LogP contribution in [0.5, 0.6) is 0 Å². The Labute approximate surface area is 128 Å². The molecule has 21 heavy (non-hydrogen) atoms. The first kappa shape index (κ1) is 14.0. The fourth-order valence-electron chi connectivity index (χ4n) is 6.75. The Bertz CT molecular complexity index is 432. The molecule has 1 amide bonds. The van der Waals surface area contributed by atoms with Crippen molar-refractivity contribution in [1.82, 2.24) is 4.90 Å². The smallest absolute Gasteiger partial charge is 0.228 e. The Balaban J connectivity index is 1.56. The van der Waals surface area contributed by atoms with Gasteiger partial charge in [-0.05, 0) is 81.1 Å². The van der Waals surface area contributed by atoms with Gasteiger partial charge in [-0.1, -0.05) is 6.92 Å². The third-order valence-electron chi connectivity index (χ3n) is 6.95. The van der Waals surface area contributed by atoms with Crippen LogP contribution in [0.15, 0.2) is 0 Å². The third-order valence-corrected chi connectivity index (χ3v) is 6.95. The van der Waals surface area contributed by atoms with E-state index in [2.05, 4.69) is 11.8 Å². The van der Waals surface area contributed by atoms with Crippen LogP contribution in [0.3, 0.4) is 0 Å². The molecule has 118 valence electrons. The Morgan fingerprint density at radius 3 is 2.57 bits per heavy atom. The second kappa shape index (κ2) is 4.71. The second-order valence-corrected chi connectivity index (χ2v) is 9.05. The van der Waals surface area contributed by atoms with Crippen LogP contribution in [0.25, 0.3) is 0 Å². The van der Waals surface area contributed by atoms with Gasteiger partial charge in [0.25, 0.3) is 0 Å². The topological polar surface area (TPSA) is 46.3 Å². The Hall–Kier alpha value is -0.570. The van der Waals surface area contributed by atoms with Crippen molar-refractivity contribution in [2.24, 2.45) is 34.3 Å². The van der Waals surface area contributed by atoms with E-state index in [1.807, 2.05) is 0 Å². The summed E-state index contributed by atoms with van der Waals surface area (Å²) in [6, 6.07) is 0. The van der Waals surface area contributed by atoms with Crippen LogP contribution in [0.2, 0.25) is 0 Å². The monoisotopic (exact) mass is 290 g/mol. The van der Waals surface area contributed by atoms with E-state index in [9.17, 15) is 4.79 Å². The standard InChI is InChI=1S/C18H30N2O/c1-17-6-14-5-15(7-17)9-18(8-14,12-17)16(21)20-4-2-3-13(10-19)11-20/h13-15H,2-12,19H2,1H3. The first-order chi connectivity index (χ1) is 10.0. The Morgan fingerprint density at radius 2 is 1.95 bits per heavy atom. The molecule has 0 spiro atoms. The predicted molar refractivity (Wildman–Crippen MR) is 83.6 cm³/mol. The van der Waals surface area contributed by atoms with Crippen molar-refractivity contribution >= 4 is 5.91 Å². The van der Waals surface area contributed by atoms with E-state index in [4.69, 9.17) is 5.73 Å². The van der Waals surface area contributed by atoms with Crippen molar-refractivity contribution in [3.05, 3.63) is 0 Å². The van der Waals surface area contributed by atoms with Gasteiger partial charge in [0.15, 0.2) is 0 Å². The molecular weight excluding hydrogens is 260 g/mol. The molecule has 1 saturated heterocycles. The minimum Gasteiger partial charge on any atom is -0.342 e. The van der Waals surface area contributed by atoms with Crippen molar-refractivity contribution in [1.29, 1.82) is 0 Å². The van der Waals surface area contributed by atoms with Crippen LogP contribution in [0.1, 0.15) is 58.3 Å². The van der Waals surface area contributed by atoms with E-state index in [-0.39, 0.29) is 5.41 Å². The lowest BCUT2D eigenvalue weighted by molar-refractivity contribution is -0.167. The highest BCUT2D eigenvalue weighted by molar-refractivity contribution is 5.83. The number of likely N-dealkylation sites (tertiary alicyclic amines) is 1. The first-order valence-electron chi connectivity index (χ1n) is 9.01. The molecule has 0 aromatic heterocycles. The molecule has 3 heteroatoms. The van der Waals surface area contributed by atoms with Crippen LogP contribution in [-0.4, -0.2) is 30.4 Å². The molecule has 0 aromatic carbocycles. The van der Waals surface area contributed by atoms with Gasteiger partial charge in [0.1, 0.15) is 0 Å². The number of carbonyl (C=O) groups excluding carboxylic acids is 1. The lowest BCUT2D eigenvalue weighted by Crippen LogP contribution is -2.58. The average Bonchev–Trinajstić information content (AvgIpc) is 2.44. The molecule has 2 N–H and O–H groups in total. The molecule has 1 aliphatic heterocycles. The summed E-state index contributed by atoms with van der Waals surface area (Å²) in [4.78, 5) is 15.5. The maximum atomic E-state index is 13.3. The summed E-state index contributed by atoms with van der Waals surface area (Å²) in [5.41, 5.74) is 6.33. The summed E-state index contributed by atoms with van der Waals surface area (Å²) in [7, 11) is 0. The van der Waals surface area contributed by atoms with Gasteiger partial charge in [0, 0.05) is 13.1 Å². The van der Waals surface area contributed by atoms with Gasteiger partial charge in [-0.3, -0.25) is 4.79 Å². The van der Waals surface area contributed by atoms with Crippen LogP contribution in [0, 0.1) is 28.6 Å². The van der Waals surface area contributed by atoms with Crippen molar-refractivity contribution in [3.8, 4) is 0 Å². The minimum atomic E-state index is 0.00925. The quantitative estimate of drug-likeness (QED) is 0.850. The summed E-state index contributed by atoms with van der Waals surface area (Å²) in [5.74, 6) is 2.69. The molecule has 3 atom stereocenters. The molecule has 5 fully saturated rings. The second-order valence-electron chi connectivity index (χ2n) is 9.05. The van der Waals surface area contributed by atoms with Crippen molar-refractivity contribution in [3.63, 3.8) is 0 Å². The molecule has 5 rings (SSSR count). The Kier molecular flexibility index (Phi) is 3.15. The normalized spacial score (nSPS) is 48.7. The lowest BCUT2D eigenvalue weighted by Gasteiger charge is -2.61. The van der Waals surface area contributed by atoms with Gasteiger partial charge in [0.05, 0.1) is 5.41 Å². The molecule has 0 aromatic rings. The van der Waals surface area contributed by atoms with E-state index in [0.29, 0.717) is 17.2 Å². The summed E-state index contributed by atoms with van der Waals surface area (Å²) in [6.45, 7) is 5.08. The molecule has 3 unspecified atom stereocenters. The van der Waals surface area contributed by atoms with E-state index >= 15 is 0 Å². The molecule has 3 nitrogen and oxygen atoms in total.